The van der Waals surface area contributed by atoms with Crippen LogP contribution in [0.3, 0.4) is 0 Å². The molecule has 0 spiro atoms. The first-order valence-electron chi connectivity index (χ1n) is 10.7. The molecule has 1 saturated heterocycles. The molecule has 0 saturated carbocycles. The fourth-order valence-corrected chi connectivity index (χ4v) is 4.10. The maximum absolute atomic E-state index is 13.5. The van der Waals surface area contributed by atoms with Crippen LogP contribution in [0.5, 0.6) is 0 Å². The predicted octanol–water partition coefficient (Wildman–Crippen LogP) is 4.81. The first-order valence-corrected chi connectivity index (χ1v) is 10.7. The van der Waals surface area contributed by atoms with Gasteiger partial charge in [0.15, 0.2) is 0 Å². The topological polar surface area (TPSA) is 42.4 Å². The number of aromatic nitrogens is 1. The van der Waals surface area contributed by atoms with Crippen LogP contribution in [0.2, 0.25) is 0 Å². The van der Waals surface area contributed by atoms with Gasteiger partial charge < -0.3 is 9.64 Å². The van der Waals surface area contributed by atoms with Gasteiger partial charge in [-0.05, 0) is 35.6 Å². The van der Waals surface area contributed by atoms with E-state index in [9.17, 15) is 4.79 Å². The first-order chi connectivity index (χ1) is 14.8. The normalized spacial score (nSPS) is 16.0. The molecule has 3 aromatic rings. The molecule has 2 heterocycles. The molecule has 1 aliphatic rings. The summed E-state index contributed by atoms with van der Waals surface area (Å²) in [4.78, 5) is 19.7. The van der Waals surface area contributed by atoms with E-state index in [1.807, 2.05) is 59.6 Å². The number of carbonyl (C=O) groups is 1. The second kappa shape index (κ2) is 10.2. The molecule has 0 bridgehead atoms. The van der Waals surface area contributed by atoms with Gasteiger partial charge in [-0.15, -0.1) is 0 Å². The SMILES string of the molecule is O=C(CC(c1ccccc1)c1ccccc1)N(Cc1cccnc1)CC1CCCO1. The quantitative estimate of drug-likeness (QED) is 0.545. The van der Waals surface area contributed by atoms with Gasteiger partial charge in [-0.3, -0.25) is 9.78 Å². The zero-order valence-corrected chi connectivity index (χ0v) is 17.2. The fraction of sp³-hybridized carbons (Fsp3) is 0.308. The Hall–Kier alpha value is -2.98. The number of amides is 1. The highest BCUT2D eigenvalue weighted by Gasteiger charge is 2.26. The van der Waals surface area contributed by atoms with Crippen LogP contribution < -0.4 is 0 Å². The van der Waals surface area contributed by atoms with Gasteiger partial charge in [0.2, 0.25) is 5.91 Å². The van der Waals surface area contributed by atoms with E-state index >= 15 is 0 Å². The number of nitrogens with zero attached hydrogens (tertiary/aromatic N) is 2. The highest BCUT2D eigenvalue weighted by atomic mass is 16.5. The molecule has 30 heavy (non-hydrogen) atoms. The third-order valence-corrected chi connectivity index (χ3v) is 5.68. The van der Waals surface area contributed by atoms with Crippen LogP contribution in [0.4, 0.5) is 0 Å². The van der Waals surface area contributed by atoms with E-state index in [1.54, 1.807) is 6.20 Å². The van der Waals surface area contributed by atoms with Crippen LogP contribution in [0.15, 0.2) is 85.2 Å². The summed E-state index contributed by atoms with van der Waals surface area (Å²) in [7, 11) is 0. The van der Waals surface area contributed by atoms with Gasteiger partial charge in [0, 0.05) is 44.4 Å². The lowest BCUT2D eigenvalue weighted by Crippen LogP contribution is -2.37. The third kappa shape index (κ3) is 5.33. The molecule has 4 rings (SSSR count). The van der Waals surface area contributed by atoms with Crippen LogP contribution in [-0.4, -0.2) is 35.0 Å². The zero-order valence-electron chi connectivity index (χ0n) is 17.2. The van der Waals surface area contributed by atoms with E-state index in [4.69, 9.17) is 4.74 Å². The molecular formula is C26H28N2O2. The van der Waals surface area contributed by atoms with Gasteiger partial charge in [-0.1, -0.05) is 66.7 Å². The van der Waals surface area contributed by atoms with Gasteiger partial charge in [0.05, 0.1) is 6.10 Å². The van der Waals surface area contributed by atoms with E-state index in [1.165, 1.54) is 0 Å². The molecule has 1 fully saturated rings. The van der Waals surface area contributed by atoms with Crippen molar-refractivity contribution < 1.29 is 9.53 Å². The van der Waals surface area contributed by atoms with Crippen molar-refractivity contribution in [3.63, 3.8) is 0 Å². The van der Waals surface area contributed by atoms with Gasteiger partial charge in [-0.25, -0.2) is 0 Å². The first kappa shape index (κ1) is 20.3. The molecule has 1 amide bonds. The van der Waals surface area contributed by atoms with Crippen molar-refractivity contribution in [3.8, 4) is 0 Å². The Morgan fingerprint density at radius 1 is 1.00 bits per heavy atom. The zero-order chi connectivity index (χ0) is 20.6. The Kier molecular flexibility index (Phi) is 6.88. The fourth-order valence-electron chi connectivity index (χ4n) is 4.10. The number of carbonyl (C=O) groups excluding carboxylic acids is 1. The maximum atomic E-state index is 13.5. The van der Waals surface area contributed by atoms with Crippen LogP contribution in [0.1, 0.15) is 41.9 Å². The second-order valence-corrected chi connectivity index (χ2v) is 7.85. The van der Waals surface area contributed by atoms with E-state index in [-0.39, 0.29) is 17.9 Å². The van der Waals surface area contributed by atoms with Crippen molar-refractivity contribution in [2.75, 3.05) is 13.2 Å². The summed E-state index contributed by atoms with van der Waals surface area (Å²) >= 11 is 0. The van der Waals surface area contributed by atoms with Crippen LogP contribution in [0.25, 0.3) is 0 Å². The molecule has 1 atom stereocenters. The van der Waals surface area contributed by atoms with Crippen molar-refractivity contribution in [2.24, 2.45) is 0 Å². The Morgan fingerprint density at radius 2 is 1.70 bits per heavy atom. The average molecular weight is 401 g/mol. The summed E-state index contributed by atoms with van der Waals surface area (Å²) in [6.45, 7) is 1.98. The summed E-state index contributed by atoms with van der Waals surface area (Å²) in [5, 5.41) is 0. The van der Waals surface area contributed by atoms with Gasteiger partial charge >= 0.3 is 0 Å². The number of hydrogen-bond donors (Lipinski definition) is 0. The highest BCUT2D eigenvalue weighted by molar-refractivity contribution is 5.78. The van der Waals surface area contributed by atoms with Gasteiger partial charge in [0.1, 0.15) is 0 Å². The number of benzene rings is 2. The second-order valence-electron chi connectivity index (χ2n) is 7.85. The molecule has 0 aliphatic carbocycles. The molecule has 0 radical (unpaired) electrons. The molecule has 0 N–H and O–H groups in total. The van der Waals surface area contributed by atoms with E-state index in [2.05, 4.69) is 29.2 Å². The van der Waals surface area contributed by atoms with Crippen molar-refractivity contribution in [1.82, 2.24) is 9.88 Å². The van der Waals surface area contributed by atoms with E-state index in [0.29, 0.717) is 19.5 Å². The molecule has 1 aliphatic heterocycles. The molecule has 4 heteroatoms. The van der Waals surface area contributed by atoms with Gasteiger partial charge in [-0.2, -0.15) is 0 Å². The summed E-state index contributed by atoms with van der Waals surface area (Å²) in [5.41, 5.74) is 3.37. The third-order valence-electron chi connectivity index (χ3n) is 5.68. The van der Waals surface area contributed by atoms with Crippen LogP contribution in [0, 0.1) is 0 Å². The Morgan fingerprint density at radius 3 is 2.27 bits per heavy atom. The Bertz CT molecular complexity index is 870. The highest BCUT2D eigenvalue weighted by Crippen LogP contribution is 2.29. The average Bonchev–Trinajstić information content (AvgIpc) is 3.32. The minimum atomic E-state index is 0.0285. The number of pyridine rings is 1. The minimum Gasteiger partial charge on any atom is -0.376 e. The summed E-state index contributed by atoms with van der Waals surface area (Å²) in [6, 6.07) is 24.5. The number of rotatable bonds is 8. The molecule has 4 nitrogen and oxygen atoms in total. The molecule has 154 valence electrons. The van der Waals surface area contributed by atoms with Crippen molar-refractivity contribution in [1.29, 1.82) is 0 Å². The Balaban J connectivity index is 1.56. The number of ether oxygens (including phenoxy) is 1. The molecule has 2 aromatic carbocycles. The standard InChI is InChI=1S/C26H28N2O2/c29-26(17-25(22-10-3-1-4-11-22)23-12-5-2-6-13-23)28(20-24-14-8-16-30-24)19-21-9-7-15-27-18-21/h1-7,9-13,15,18,24-25H,8,14,16-17,19-20H2. The van der Waals surface area contributed by atoms with Gasteiger partial charge in [0.25, 0.3) is 0 Å². The van der Waals surface area contributed by atoms with Crippen LogP contribution >= 0.6 is 0 Å². The van der Waals surface area contributed by atoms with E-state index < -0.39 is 0 Å². The maximum Gasteiger partial charge on any atom is 0.223 e. The summed E-state index contributed by atoms with van der Waals surface area (Å²) in [5.74, 6) is 0.174. The Labute approximate surface area is 178 Å². The largest absolute Gasteiger partial charge is 0.376 e. The number of hydrogen-bond acceptors (Lipinski definition) is 3. The summed E-state index contributed by atoms with van der Waals surface area (Å²) in [6.07, 6.45) is 6.23. The van der Waals surface area contributed by atoms with Crippen LogP contribution in [-0.2, 0) is 16.1 Å². The summed E-state index contributed by atoms with van der Waals surface area (Å²) < 4.78 is 5.84. The predicted molar refractivity (Wildman–Crippen MR) is 118 cm³/mol. The molecular weight excluding hydrogens is 372 g/mol. The lowest BCUT2D eigenvalue weighted by atomic mass is 9.88. The molecule has 1 unspecified atom stereocenters. The van der Waals surface area contributed by atoms with E-state index in [0.717, 1.165) is 36.1 Å². The minimum absolute atomic E-state index is 0.0285. The lowest BCUT2D eigenvalue weighted by molar-refractivity contribution is -0.133. The monoisotopic (exact) mass is 400 g/mol. The van der Waals surface area contributed by atoms with Crippen molar-refractivity contribution in [2.45, 2.75) is 37.8 Å². The lowest BCUT2D eigenvalue weighted by Gasteiger charge is -2.28. The smallest absolute Gasteiger partial charge is 0.223 e. The van der Waals surface area contributed by atoms with Crippen molar-refractivity contribution in [3.05, 3.63) is 102 Å². The molecule has 1 aromatic heterocycles. The van der Waals surface area contributed by atoms with Crippen molar-refractivity contribution >= 4 is 5.91 Å².